The fourth-order valence-electron chi connectivity index (χ4n) is 1.75. The van der Waals surface area contributed by atoms with E-state index in [1.54, 1.807) is 13.4 Å². The topological polar surface area (TPSA) is 64.9 Å². The molecule has 0 bridgehead atoms. The highest BCUT2D eigenvalue weighted by molar-refractivity contribution is 6.28. The number of rotatable bonds is 6. The minimum absolute atomic E-state index is 0.204. The number of imidazole rings is 1. The van der Waals surface area contributed by atoms with Gasteiger partial charge in [0.25, 0.3) is 0 Å². The molecule has 1 N–H and O–H groups in total. The van der Waals surface area contributed by atoms with Gasteiger partial charge in [-0.1, -0.05) is 6.92 Å². The van der Waals surface area contributed by atoms with Gasteiger partial charge in [-0.15, -0.1) is 0 Å². The molecule has 1 atom stereocenters. The molecule has 2 aromatic rings. The molecule has 19 heavy (non-hydrogen) atoms. The van der Waals surface area contributed by atoms with Crippen molar-refractivity contribution in [1.82, 2.24) is 19.5 Å². The lowest BCUT2D eigenvalue weighted by atomic mass is 10.2. The van der Waals surface area contributed by atoms with Crippen molar-refractivity contribution >= 4 is 28.6 Å². The maximum absolute atomic E-state index is 5.93. The van der Waals surface area contributed by atoms with Crippen molar-refractivity contribution in [2.45, 2.75) is 32.9 Å². The van der Waals surface area contributed by atoms with E-state index in [2.05, 4.69) is 34.1 Å². The van der Waals surface area contributed by atoms with Crippen LogP contribution in [-0.2, 0) is 11.3 Å². The summed E-state index contributed by atoms with van der Waals surface area (Å²) in [6, 6.07) is 0.306. The lowest BCUT2D eigenvalue weighted by Gasteiger charge is -2.14. The van der Waals surface area contributed by atoms with Gasteiger partial charge in [-0.05, 0) is 24.9 Å². The highest BCUT2D eigenvalue weighted by atomic mass is 35.5. The first-order valence-electron chi connectivity index (χ1n) is 6.29. The summed E-state index contributed by atoms with van der Waals surface area (Å²) < 4.78 is 7.07. The van der Waals surface area contributed by atoms with Crippen molar-refractivity contribution in [2.75, 3.05) is 19.0 Å². The van der Waals surface area contributed by atoms with Gasteiger partial charge in [0.15, 0.2) is 11.5 Å². The van der Waals surface area contributed by atoms with Gasteiger partial charge in [0.05, 0.1) is 12.9 Å². The van der Waals surface area contributed by atoms with E-state index in [9.17, 15) is 0 Å². The summed E-state index contributed by atoms with van der Waals surface area (Å²) in [5, 5.41) is 3.55. The molecule has 0 aliphatic heterocycles. The van der Waals surface area contributed by atoms with Crippen LogP contribution in [0.5, 0.6) is 0 Å². The van der Waals surface area contributed by atoms with E-state index in [0.29, 0.717) is 24.8 Å². The van der Waals surface area contributed by atoms with Crippen LogP contribution in [0.3, 0.4) is 0 Å². The number of ether oxygens (including phenoxy) is 1. The largest absolute Gasteiger partial charge is 0.383 e. The van der Waals surface area contributed by atoms with Crippen LogP contribution in [0.4, 0.5) is 5.82 Å². The Bertz CT molecular complexity index is 556. The van der Waals surface area contributed by atoms with Crippen LogP contribution in [0, 0.1) is 0 Å². The molecule has 0 aliphatic carbocycles. The number of hydrogen-bond donors (Lipinski definition) is 1. The highest BCUT2D eigenvalue weighted by Crippen LogP contribution is 2.22. The van der Waals surface area contributed by atoms with Gasteiger partial charge in [0, 0.05) is 19.7 Å². The zero-order valence-electron chi connectivity index (χ0n) is 11.4. The van der Waals surface area contributed by atoms with Gasteiger partial charge in [-0.25, -0.2) is 4.98 Å². The Morgan fingerprint density at radius 3 is 2.95 bits per heavy atom. The quantitative estimate of drug-likeness (QED) is 0.824. The molecule has 0 aliphatic rings. The zero-order chi connectivity index (χ0) is 13.8. The fourth-order valence-corrected chi connectivity index (χ4v) is 1.91. The third-order valence-electron chi connectivity index (χ3n) is 2.98. The molecular weight excluding hydrogens is 266 g/mol. The number of hydrogen-bond acceptors (Lipinski definition) is 5. The second-order valence-electron chi connectivity index (χ2n) is 4.40. The lowest BCUT2D eigenvalue weighted by Crippen LogP contribution is -2.16. The summed E-state index contributed by atoms with van der Waals surface area (Å²) in [6.07, 6.45) is 2.73. The van der Waals surface area contributed by atoms with Crippen molar-refractivity contribution < 1.29 is 4.74 Å². The summed E-state index contributed by atoms with van der Waals surface area (Å²) in [5.41, 5.74) is 1.46. The molecule has 0 saturated heterocycles. The SMILES string of the molecule is CCC(C)Nc1nc(Cl)nc2ncn(CCOC)c12. The fraction of sp³-hybridized carbons (Fsp3) is 0.583. The number of halogens is 1. The molecule has 2 heterocycles. The average molecular weight is 284 g/mol. The van der Waals surface area contributed by atoms with Crippen molar-refractivity contribution in [1.29, 1.82) is 0 Å². The second-order valence-corrected chi connectivity index (χ2v) is 4.74. The third kappa shape index (κ3) is 3.13. The van der Waals surface area contributed by atoms with Crippen LogP contribution in [0.2, 0.25) is 5.28 Å². The lowest BCUT2D eigenvalue weighted by molar-refractivity contribution is 0.188. The number of fused-ring (bicyclic) bond motifs is 1. The third-order valence-corrected chi connectivity index (χ3v) is 3.15. The minimum Gasteiger partial charge on any atom is -0.383 e. The van der Waals surface area contributed by atoms with Crippen LogP contribution < -0.4 is 5.32 Å². The standard InChI is InChI=1S/C12H18ClN5O/c1-4-8(2)15-11-9-10(16-12(13)17-11)14-7-18(9)5-6-19-3/h7-8H,4-6H2,1-3H3,(H,15,16,17). The molecule has 1 unspecified atom stereocenters. The predicted molar refractivity (Wildman–Crippen MR) is 75.6 cm³/mol. The molecule has 0 aromatic carbocycles. The Balaban J connectivity index is 2.43. The van der Waals surface area contributed by atoms with Gasteiger partial charge < -0.3 is 14.6 Å². The molecule has 104 valence electrons. The minimum atomic E-state index is 0.204. The van der Waals surface area contributed by atoms with Crippen LogP contribution >= 0.6 is 11.6 Å². The number of anilines is 1. The molecular formula is C12H18ClN5O. The van der Waals surface area contributed by atoms with Gasteiger partial charge in [-0.2, -0.15) is 9.97 Å². The number of nitrogens with zero attached hydrogens (tertiary/aromatic N) is 4. The van der Waals surface area contributed by atoms with Gasteiger partial charge >= 0.3 is 0 Å². The second kappa shape index (κ2) is 6.16. The average Bonchev–Trinajstić information content (AvgIpc) is 2.79. The molecule has 0 amide bonds. The highest BCUT2D eigenvalue weighted by Gasteiger charge is 2.14. The van der Waals surface area contributed by atoms with Crippen molar-refractivity contribution in [3.8, 4) is 0 Å². The summed E-state index contributed by atoms with van der Waals surface area (Å²) in [4.78, 5) is 12.7. The van der Waals surface area contributed by atoms with Crippen LogP contribution in [0.1, 0.15) is 20.3 Å². The summed E-state index contributed by atoms with van der Waals surface area (Å²) >= 11 is 5.93. The molecule has 2 rings (SSSR count). The maximum Gasteiger partial charge on any atom is 0.226 e. The molecule has 0 fully saturated rings. The number of methoxy groups -OCH3 is 1. The van der Waals surface area contributed by atoms with Crippen LogP contribution in [0.25, 0.3) is 11.2 Å². The Labute approximate surface area is 117 Å². The predicted octanol–water partition coefficient (Wildman–Crippen LogP) is 2.34. The normalized spacial score (nSPS) is 12.8. The first-order valence-corrected chi connectivity index (χ1v) is 6.67. The Kier molecular flexibility index (Phi) is 4.55. The maximum atomic E-state index is 5.93. The molecule has 0 saturated carbocycles. The Morgan fingerprint density at radius 1 is 1.47 bits per heavy atom. The van der Waals surface area contributed by atoms with E-state index in [0.717, 1.165) is 17.8 Å². The van der Waals surface area contributed by atoms with E-state index in [1.165, 1.54) is 0 Å². The Morgan fingerprint density at radius 2 is 2.26 bits per heavy atom. The summed E-state index contributed by atoms with van der Waals surface area (Å²) in [5.74, 6) is 0.720. The van der Waals surface area contributed by atoms with E-state index in [1.807, 2.05) is 4.57 Å². The monoisotopic (exact) mass is 283 g/mol. The molecule has 0 radical (unpaired) electrons. The van der Waals surface area contributed by atoms with E-state index < -0.39 is 0 Å². The Hall–Kier alpha value is -1.40. The molecule has 2 aromatic heterocycles. The zero-order valence-corrected chi connectivity index (χ0v) is 12.1. The van der Waals surface area contributed by atoms with Crippen LogP contribution in [0.15, 0.2) is 6.33 Å². The number of nitrogens with one attached hydrogen (secondary N) is 1. The van der Waals surface area contributed by atoms with Gasteiger partial charge in [0.1, 0.15) is 5.52 Å². The van der Waals surface area contributed by atoms with Gasteiger partial charge in [-0.3, -0.25) is 0 Å². The smallest absolute Gasteiger partial charge is 0.226 e. The van der Waals surface area contributed by atoms with E-state index >= 15 is 0 Å². The first-order chi connectivity index (χ1) is 9.15. The van der Waals surface area contributed by atoms with Crippen LogP contribution in [-0.4, -0.2) is 39.3 Å². The first kappa shape index (κ1) is 14.0. The molecule has 6 nitrogen and oxygen atoms in total. The van der Waals surface area contributed by atoms with Crippen molar-refractivity contribution in [3.63, 3.8) is 0 Å². The molecule has 0 spiro atoms. The van der Waals surface area contributed by atoms with Crippen molar-refractivity contribution in [3.05, 3.63) is 11.6 Å². The summed E-state index contributed by atoms with van der Waals surface area (Å²) in [7, 11) is 1.67. The number of aromatic nitrogens is 4. The van der Waals surface area contributed by atoms with E-state index in [4.69, 9.17) is 16.3 Å². The van der Waals surface area contributed by atoms with E-state index in [-0.39, 0.29) is 5.28 Å². The molecule has 7 heteroatoms. The summed E-state index contributed by atoms with van der Waals surface area (Å²) in [6.45, 7) is 5.52. The van der Waals surface area contributed by atoms with Gasteiger partial charge in [0.2, 0.25) is 5.28 Å². The van der Waals surface area contributed by atoms with Crippen molar-refractivity contribution in [2.24, 2.45) is 0 Å².